The van der Waals surface area contributed by atoms with Gasteiger partial charge in [-0.2, -0.15) is 4.99 Å². The largest absolute Gasteiger partial charge is 0.477 e. The van der Waals surface area contributed by atoms with E-state index in [4.69, 9.17) is 0 Å². The molecule has 5 rings (SSSR count). The van der Waals surface area contributed by atoms with Crippen molar-refractivity contribution in [1.82, 2.24) is 9.29 Å². The lowest BCUT2D eigenvalue weighted by atomic mass is 10.0. The average molecular weight is 618 g/mol. The Morgan fingerprint density at radius 3 is 2.30 bits per heavy atom. The van der Waals surface area contributed by atoms with Gasteiger partial charge in [-0.25, -0.2) is 17.9 Å². The van der Waals surface area contributed by atoms with E-state index in [-0.39, 0.29) is 34.5 Å². The summed E-state index contributed by atoms with van der Waals surface area (Å²) in [7, 11) is -4.20. The Labute approximate surface area is 253 Å². The topological polar surface area (TPSA) is 135 Å². The summed E-state index contributed by atoms with van der Waals surface area (Å²) in [5, 5.41) is 10.1. The lowest BCUT2D eigenvalue weighted by molar-refractivity contribution is -0.119. The van der Waals surface area contributed by atoms with E-state index in [1.165, 1.54) is 29.5 Å². The van der Waals surface area contributed by atoms with E-state index in [1.54, 1.807) is 65.2 Å². The molecule has 0 saturated heterocycles. The van der Waals surface area contributed by atoms with Gasteiger partial charge >= 0.3 is 5.97 Å². The zero-order valence-electron chi connectivity index (χ0n) is 23.5. The first-order valence-corrected chi connectivity index (χ1v) is 16.3. The highest BCUT2D eigenvalue weighted by atomic mass is 32.2. The summed E-state index contributed by atoms with van der Waals surface area (Å²) in [5.74, 6) is -2.11. The Morgan fingerprint density at radius 1 is 0.977 bits per heavy atom. The number of sulfonamides is 1. The first kappa shape index (κ1) is 30.1. The number of nitrogens with zero attached hydrogens (tertiary/aromatic N) is 2. The fraction of sp³-hybridized carbons (Fsp3) is 0.250. The Balaban J connectivity index is 1.45. The van der Waals surface area contributed by atoms with Gasteiger partial charge in [0, 0.05) is 21.9 Å². The molecule has 1 aliphatic rings. The molecule has 0 aliphatic heterocycles. The van der Waals surface area contributed by atoms with Crippen molar-refractivity contribution in [2.75, 3.05) is 0 Å². The summed E-state index contributed by atoms with van der Waals surface area (Å²) in [4.78, 5) is 42.8. The van der Waals surface area contributed by atoms with E-state index in [0.717, 1.165) is 31.2 Å². The summed E-state index contributed by atoms with van der Waals surface area (Å²) < 4.78 is 30.2. The summed E-state index contributed by atoms with van der Waals surface area (Å²) in [6.07, 6.45) is 3.91. The van der Waals surface area contributed by atoms with Gasteiger partial charge < -0.3 is 9.67 Å². The molecule has 222 valence electrons. The molecule has 0 radical (unpaired) electrons. The number of hydrogen-bond acceptors (Lipinski definition) is 6. The molecule has 1 saturated carbocycles. The average Bonchev–Trinajstić information content (AvgIpc) is 3.80. The van der Waals surface area contributed by atoms with Gasteiger partial charge in [-0.05, 0) is 55.0 Å². The minimum Gasteiger partial charge on any atom is -0.477 e. The Kier molecular flexibility index (Phi) is 9.02. The number of hydrogen-bond donors (Lipinski definition) is 2. The number of carboxylic acid groups (broad SMARTS) is 1. The van der Waals surface area contributed by atoms with Crippen LogP contribution in [-0.4, -0.2) is 35.9 Å². The van der Waals surface area contributed by atoms with Gasteiger partial charge in [-0.15, -0.1) is 11.3 Å². The van der Waals surface area contributed by atoms with Crippen LogP contribution in [0.15, 0.2) is 88.8 Å². The van der Waals surface area contributed by atoms with Gasteiger partial charge in [0.05, 0.1) is 11.4 Å². The predicted octanol–water partition coefficient (Wildman–Crippen LogP) is 5.26. The highest BCUT2D eigenvalue weighted by molar-refractivity contribution is 7.90. The fourth-order valence-corrected chi connectivity index (χ4v) is 7.05. The summed E-state index contributed by atoms with van der Waals surface area (Å²) in [5.41, 5.74) is 2.12. The molecular weight excluding hydrogens is 587 g/mol. The maximum atomic E-state index is 13.2. The first-order chi connectivity index (χ1) is 20.7. The number of aryl methyl sites for hydroxylation is 1. The number of amides is 2. The van der Waals surface area contributed by atoms with E-state index in [2.05, 4.69) is 9.71 Å². The number of carboxylic acids is 1. The third kappa shape index (κ3) is 7.00. The number of rotatable bonds is 11. The molecule has 0 bridgehead atoms. The third-order valence-electron chi connectivity index (χ3n) is 7.12. The minimum absolute atomic E-state index is 0.0485. The van der Waals surface area contributed by atoms with Crippen LogP contribution in [0.1, 0.15) is 63.9 Å². The molecule has 0 spiro atoms. The van der Waals surface area contributed by atoms with E-state index in [9.17, 15) is 27.9 Å². The van der Waals surface area contributed by atoms with Crippen molar-refractivity contribution in [3.05, 3.63) is 105 Å². The van der Waals surface area contributed by atoms with Gasteiger partial charge in [-0.1, -0.05) is 74.0 Å². The van der Waals surface area contributed by atoms with Gasteiger partial charge in [0.1, 0.15) is 5.69 Å². The number of benzene rings is 3. The highest BCUT2D eigenvalue weighted by Gasteiger charge is 2.30. The number of carbonyl (C=O) groups excluding carboxylic acids is 2. The molecule has 1 aromatic heterocycles. The molecule has 9 nitrogen and oxygen atoms in total. The lowest BCUT2D eigenvalue weighted by Gasteiger charge is -2.13. The van der Waals surface area contributed by atoms with Crippen molar-refractivity contribution in [3.8, 4) is 11.1 Å². The number of thiazole rings is 1. The van der Waals surface area contributed by atoms with Crippen LogP contribution < -0.4 is 9.52 Å². The van der Waals surface area contributed by atoms with Gasteiger partial charge in [0.15, 0.2) is 4.80 Å². The van der Waals surface area contributed by atoms with Crippen LogP contribution in [0.3, 0.4) is 0 Å². The van der Waals surface area contributed by atoms with Crippen LogP contribution in [0.25, 0.3) is 11.1 Å². The van der Waals surface area contributed by atoms with E-state index < -0.39 is 21.9 Å². The van der Waals surface area contributed by atoms with Gasteiger partial charge in [-0.3, -0.25) is 9.59 Å². The van der Waals surface area contributed by atoms with E-state index in [0.29, 0.717) is 27.2 Å². The zero-order valence-corrected chi connectivity index (χ0v) is 25.2. The number of aromatic carboxylic acids is 1. The number of aromatic nitrogens is 1. The molecule has 1 heterocycles. The second-order valence-corrected chi connectivity index (χ2v) is 13.1. The molecule has 2 amide bonds. The second-order valence-electron chi connectivity index (χ2n) is 10.4. The molecule has 1 fully saturated rings. The van der Waals surface area contributed by atoms with Crippen molar-refractivity contribution < 1.29 is 27.9 Å². The van der Waals surface area contributed by atoms with E-state index >= 15 is 0 Å². The van der Waals surface area contributed by atoms with Crippen LogP contribution in [0.2, 0.25) is 0 Å². The fourth-order valence-electron chi connectivity index (χ4n) is 4.68. The van der Waals surface area contributed by atoms with Crippen LogP contribution in [0, 0.1) is 5.92 Å². The predicted molar refractivity (Wildman–Crippen MR) is 163 cm³/mol. The standard InChI is InChI=1S/C32H31N3O6S2/c1-2-3-12-26-28(31(38)39)35(32(42-26)33-29(36)24-18-19-24)20-21-14-16-22(17-15-21)25-11-7-8-13-27(25)43(40,41)34-30(37)23-9-5-4-6-10-23/h4-11,13-17,24H,2-3,12,18-20H2,1H3,(H,34,37)(H,38,39). The van der Waals surface area contributed by atoms with Crippen molar-refractivity contribution in [3.63, 3.8) is 0 Å². The maximum Gasteiger partial charge on any atom is 0.353 e. The number of nitrogens with one attached hydrogen (secondary N) is 1. The zero-order chi connectivity index (χ0) is 30.6. The van der Waals surface area contributed by atoms with Crippen LogP contribution >= 0.6 is 11.3 Å². The minimum atomic E-state index is -4.20. The van der Waals surface area contributed by atoms with Crippen LogP contribution in [-0.2, 0) is 27.8 Å². The Morgan fingerprint density at radius 2 is 1.65 bits per heavy atom. The highest BCUT2D eigenvalue weighted by Crippen LogP contribution is 2.30. The molecule has 43 heavy (non-hydrogen) atoms. The molecule has 3 aromatic carbocycles. The van der Waals surface area contributed by atoms with Crippen molar-refractivity contribution in [2.24, 2.45) is 10.9 Å². The molecule has 0 atom stereocenters. The molecule has 11 heteroatoms. The normalized spacial score (nSPS) is 13.6. The number of unbranched alkanes of at least 4 members (excludes halogenated alkanes) is 1. The molecule has 0 unspecified atom stereocenters. The lowest BCUT2D eigenvalue weighted by Crippen LogP contribution is -2.30. The van der Waals surface area contributed by atoms with Gasteiger partial charge in [0.25, 0.3) is 21.8 Å². The first-order valence-electron chi connectivity index (χ1n) is 14.0. The quantitative estimate of drug-likeness (QED) is 0.236. The number of carbonyl (C=O) groups is 3. The van der Waals surface area contributed by atoms with Crippen molar-refractivity contribution in [2.45, 2.75) is 50.5 Å². The molecule has 4 aromatic rings. The third-order valence-corrected chi connectivity index (χ3v) is 9.64. The molecule has 2 N–H and O–H groups in total. The van der Waals surface area contributed by atoms with Crippen molar-refractivity contribution >= 4 is 39.1 Å². The van der Waals surface area contributed by atoms with Crippen molar-refractivity contribution in [1.29, 1.82) is 0 Å². The summed E-state index contributed by atoms with van der Waals surface area (Å²) in [6, 6.07) is 21.6. The Hall–Kier alpha value is -4.35. The summed E-state index contributed by atoms with van der Waals surface area (Å²) >= 11 is 1.25. The molecule has 1 aliphatic carbocycles. The summed E-state index contributed by atoms with van der Waals surface area (Å²) in [6.45, 7) is 2.21. The van der Waals surface area contributed by atoms with Crippen LogP contribution in [0.4, 0.5) is 0 Å². The SMILES string of the molecule is CCCCc1sc(=NC(=O)C2CC2)n(Cc2ccc(-c3ccccc3S(=O)(=O)NC(=O)c3ccccc3)cc2)c1C(=O)O. The van der Waals surface area contributed by atoms with Crippen LogP contribution in [0.5, 0.6) is 0 Å². The second kappa shape index (κ2) is 12.9. The van der Waals surface area contributed by atoms with E-state index in [1.807, 2.05) is 6.92 Å². The smallest absolute Gasteiger partial charge is 0.353 e. The van der Waals surface area contributed by atoms with Gasteiger partial charge in [0.2, 0.25) is 0 Å². The Bertz CT molecular complexity index is 1840. The maximum absolute atomic E-state index is 13.2. The molecular formula is C32H31N3O6S2. The monoisotopic (exact) mass is 617 g/mol.